The number of aryl methyl sites for hydroxylation is 2. The molecule has 0 aromatic heterocycles. The molecule has 1 aliphatic carbocycles. The molecule has 0 N–H and O–H groups in total. The molecule has 0 bridgehead atoms. The fourth-order valence-corrected chi connectivity index (χ4v) is 4.10. The Labute approximate surface area is 195 Å². The summed E-state index contributed by atoms with van der Waals surface area (Å²) in [6.07, 6.45) is 3.93. The van der Waals surface area contributed by atoms with E-state index >= 15 is 0 Å². The van der Waals surface area contributed by atoms with Gasteiger partial charge in [-0.25, -0.2) is 0 Å². The Hall–Kier alpha value is -1.77. The van der Waals surface area contributed by atoms with Crippen molar-refractivity contribution in [2.24, 2.45) is 0 Å². The van der Waals surface area contributed by atoms with Crippen molar-refractivity contribution in [1.82, 2.24) is 0 Å². The van der Waals surface area contributed by atoms with Crippen molar-refractivity contribution in [3.8, 4) is 0 Å². The Balaban J connectivity index is 0.000000142. The maximum Gasteiger partial charge on any atom is 0.0307 e. The summed E-state index contributed by atoms with van der Waals surface area (Å²) >= 11 is 0. The summed E-state index contributed by atoms with van der Waals surface area (Å²) in [5, 5.41) is 8.19. The Morgan fingerprint density at radius 2 is 1.38 bits per heavy atom. The molecule has 5 aromatic carbocycles. The van der Waals surface area contributed by atoms with E-state index in [9.17, 15) is 0 Å². The van der Waals surface area contributed by atoms with Gasteiger partial charge in [0.25, 0.3) is 0 Å². The summed E-state index contributed by atoms with van der Waals surface area (Å²) in [6, 6.07) is 30.6. The molecule has 0 saturated carbocycles. The molecule has 0 spiro atoms. The van der Waals surface area contributed by atoms with Crippen LogP contribution >= 0.6 is 0 Å². The van der Waals surface area contributed by atoms with Gasteiger partial charge in [0.1, 0.15) is 0 Å². The first-order valence-electron chi connectivity index (χ1n) is 10.1. The zero-order valence-electron chi connectivity index (χ0n) is 17.2. The number of fused-ring (bicyclic) bond motifs is 5. The summed E-state index contributed by atoms with van der Waals surface area (Å²) in [5.41, 5.74) is 3.16. The molecule has 0 aliphatic heterocycles. The Morgan fingerprint density at radius 3 is 2.21 bits per heavy atom. The summed E-state index contributed by atoms with van der Waals surface area (Å²) < 4.78 is 0. The first kappa shape index (κ1) is 21.9. The van der Waals surface area contributed by atoms with Crippen molar-refractivity contribution >= 4 is 41.8 Å². The summed E-state index contributed by atoms with van der Waals surface area (Å²) in [6.45, 7) is 4.31. The molecule has 0 unspecified atom stereocenters. The van der Waals surface area contributed by atoms with E-state index in [-0.39, 0.29) is 25.8 Å². The number of benzene rings is 3. The van der Waals surface area contributed by atoms with Gasteiger partial charge in [0.15, 0.2) is 0 Å². The first-order valence-corrected chi connectivity index (χ1v) is 12.1. The van der Waals surface area contributed by atoms with Gasteiger partial charge in [-0.15, -0.1) is 51.9 Å². The first-order chi connectivity index (χ1) is 13.8. The van der Waals surface area contributed by atoms with Gasteiger partial charge in [0.05, 0.1) is 0 Å². The van der Waals surface area contributed by atoms with Crippen LogP contribution in [0, 0.1) is 0 Å². The minimum absolute atomic E-state index is 0. The number of rotatable bonds is 0. The minimum atomic E-state index is 0. The van der Waals surface area contributed by atoms with Crippen LogP contribution < -0.4 is 0 Å². The van der Waals surface area contributed by atoms with E-state index in [0.717, 1.165) is 9.52 Å². The average Bonchev–Trinajstić information content (AvgIpc) is 3.46. The van der Waals surface area contributed by atoms with Crippen LogP contribution in [0.3, 0.4) is 0 Å². The van der Waals surface area contributed by atoms with Crippen molar-refractivity contribution in [2.75, 3.05) is 0 Å². The molecule has 1 aliphatic rings. The van der Waals surface area contributed by atoms with Crippen molar-refractivity contribution in [3.05, 3.63) is 96.1 Å². The summed E-state index contributed by atoms with van der Waals surface area (Å²) in [5.74, 6) is 0. The topological polar surface area (TPSA) is 0 Å². The second-order valence-corrected chi connectivity index (χ2v) is 8.44. The Morgan fingerprint density at radius 1 is 0.690 bits per heavy atom. The molecular weight excluding hydrogens is 531 g/mol. The van der Waals surface area contributed by atoms with Crippen LogP contribution in [0.5, 0.6) is 0 Å². The van der Waals surface area contributed by atoms with Crippen LogP contribution in [0.4, 0.5) is 0 Å². The minimum Gasteiger partial charge on any atom is -0.168 e. The van der Waals surface area contributed by atoms with E-state index < -0.39 is 0 Å². The number of hydrogen-bond donors (Lipinski definition) is 0. The Bertz CT molecular complexity index is 1160. The van der Waals surface area contributed by atoms with Gasteiger partial charge < -0.3 is 0 Å². The fraction of sp³-hybridized carbons (Fsp3) is 0.185. The zero-order valence-corrected chi connectivity index (χ0v) is 21.8. The fourth-order valence-electron chi connectivity index (χ4n) is 4.10. The van der Waals surface area contributed by atoms with Crippen molar-refractivity contribution in [1.29, 1.82) is 0 Å². The third kappa shape index (κ3) is 4.87. The largest absolute Gasteiger partial charge is 0.168 e. The van der Waals surface area contributed by atoms with Crippen molar-refractivity contribution in [2.45, 2.75) is 32.4 Å². The normalized spacial score (nSPS) is 11.9. The van der Waals surface area contributed by atoms with E-state index in [1.807, 2.05) is 0 Å². The quantitative estimate of drug-likeness (QED) is 0.136. The van der Waals surface area contributed by atoms with Gasteiger partial charge in [-0.1, -0.05) is 59.9 Å². The molecule has 144 valence electrons. The smallest absolute Gasteiger partial charge is 0.0307 e. The predicted octanol–water partition coefficient (Wildman–Crippen LogP) is 7.54. The second kappa shape index (κ2) is 10.3. The van der Waals surface area contributed by atoms with Gasteiger partial charge in [-0.2, -0.15) is 24.3 Å². The molecule has 0 heterocycles. The standard InChI is InChI=1S/C13H9.C12H11.C2H6Si.Hf/c1-2-6-12-10(4-1)8-9-11-5-3-7-13(11)12;1-3-9-7-11-5-2-6-12(11)8-10(9)4-1;1-3-2;/h1-9H;1,3-4,7-8H,2,5-6H2;1-2H3;/q2*-1;;. The van der Waals surface area contributed by atoms with Crippen LogP contribution in [-0.4, -0.2) is 9.52 Å². The zero-order chi connectivity index (χ0) is 19.3. The molecule has 29 heavy (non-hydrogen) atoms. The van der Waals surface area contributed by atoms with Gasteiger partial charge in [-0.3, -0.25) is 0 Å². The molecule has 6 rings (SSSR count). The summed E-state index contributed by atoms with van der Waals surface area (Å²) in [7, 11) is 1.08. The summed E-state index contributed by atoms with van der Waals surface area (Å²) in [4.78, 5) is 0. The Kier molecular flexibility index (Phi) is 7.80. The molecule has 0 atom stereocenters. The molecule has 5 aromatic rings. The monoisotopic (exact) mass is 558 g/mol. The maximum atomic E-state index is 2.36. The van der Waals surface area contributed by atoms with Gasteiger partial charge in [-0.05, 0) is 24.6 Å². The third-order valence-electron chi connectivity index (χ3n) is 5.39. The van der Waals surface area contributed by atoms with E-state index in [1.165, 1.54) is 51.6 Å². The molecule has 0 fully saturated rings. The van der Waals surface area contributed by atoms with Crippen LogP contribution in [0.15, 0.2) is 84.9 Å². The third-order valence-corrected chi connectivity index (χ3v) is 5.39. The molecule has 0 nitrogen and oxygen atoms in total. The SMILES string of the molecule is C[Si]C.[Hf].c1cc2cc3c(cc2[cH-]1)CCC3.c1ccc2c(c1)ccc1[cH-]ccc12. The second-order valence-electron chi connectivity index (χ2n) is 7.44. The van der Waals surface area contributed by atoms with Crippen LogP contribution in [0.1, 0.15) is 17.5 Å². The van der Waals surface area contributed by atoms with Crippen molar-refractivity contribution in [3.63, 3.8) is 0 Å². The molecule has 0 amide bonds. The average molecular weight is 557 g/mol. The molecule has 2 heteroatoms. The molecule has 0 saturated heterocycles. The molecular formula is C27H26HfSi-2. The van der Waals surface area contributed by atoms with Gasteiger partial charge in [0, 0.05) is 35.4 Å². The van der Waals surface area contributed by atoms with E-state index in [4.69, 9.17) is 0 Å². The van der Waals surface area contributed by atoms with E-state index in [1.54, 1.807) is 11.1 Å². The van der Waals surface area contributed by atoms with Crippen LogP contribution in [0.25, 0.3) is 32.3 Å². The van der Waals surface area contributed by atoms with E-state index in [0.29, 0.717) is 0 Å². The molecule has 2 radical (unpaired) electrons. The number of hydrogen-bond acceptors (Lipinski definition) is 0. The van der Waals surface area contributed by atoms with Crippen LogP contribution in [0.2, 0.25) is 13.1 Å². The van der Waals surface area contributed by atoms with Crippen LogP contribution in [-0.2, 0) is 38.7 Å². The van der Waals surface area contributed by atoms with Gasteiger partial charge in [0.2, 0.25) is 0 Å². The van der Waals surface area contributed by atoms with E-state index in [2.05, 4.69) is 98.0 Å². The van der Waals surface area contributed by atoms with Gasteiger partial charge >= 0.3 is 0 Å². The maximum absolute atomic E-state index is 2.36. The predicted molar refractivity (Wildman–Crippen MR) is 126 cm³/mol. The van der Waals surface area contributed by atoms with Crippen molar-refractivity contribution < 1.29 is 25.8 Å².